The van der Waals surface area contributed by atoms with Crippen LogP contribution >= 0.6 is 11.3 Å². The molecule has 2 heterocycles. The third kappa shape index (κ3) is 2.02. The summed E-state index contributed by atoms with van der Waals surface area (Å²) in [6.45, 7) is 1.64. The maximum Gasteiger partial charge on any atom is 0.320 e. The number of benzene rings is 1. The van der Waals surface area contributed by atoms with Crippen LogP contribution in [0.2, 0.25) is 0 Å². The highest BCUT2D eigenvalue weighted by Gasteiger charge is 2.30. The molecular weight excluding hydrogens is 246 g/mol. The molecule has 0 bridgehead atoms. The first-order valence-electron chi connectivity index (χ1n) is 6.17. The minimum atomic E-state index is -0.688. The topological polar surface area (TPSA) is 40.5 Å². The van der Waals surface area contributed by atoms with E-state index in [1.54, 1.807) is 11.3 Å². The molecule has 1 fully saturated rings. The maximum absolute atomic E-state index is 11.2. The summed E-state index contributed by atoms with van der Waals surface area (Å²) < 4.78 is 1.28. The van der Waals surface area contributed by atoms with Gasteiger partial charge in [0.2, 0.25) is 0 Å². The van der Waals surface area contributed by atoms with Gasteiger partial charge >= 0.3 is 5.97 Å². The molecule has 0 amide bonds. The highest BCUT2D eigenvalue weighted by atomic mass is 32.1. The smallest absolute Gasteiger partial charge is 0.320 e. The second-order valence-electron chi connectivity index (χ2n) is 4.72. The predicted molar refractivity (Wildman–Crippen MR) is 72.9 cm³/mol. The van der Waals surface area contributed by atoms with Crippen LogP contribution in [-0.4, -0.2) is 28.6 Å². The first-order chi connectivity index (χ1) is 8.75. The Labute approximate surface area is 110 Å². The third-order valence-corrected chi connectivity index (χ3v) is 4.60. The van der Waals surface area contributed by atoms with Crippen molar-refractivity contribution >= 4 is 27.4 Å². The molecular formula is C14H15NO2S. The third-order valence-electron chi connectivity index (χ3n) is 3.58. The van der Waals surface area contributed by atoms with Crippen LogP contribution in [0.5, 0.6) is 0 Å². The number of thiophene rings is 1. The molecule has 3 rings (SSSR count). The predicted octanol–water partition coefficient (Wildman–Crippen LogP) is 2.95. The van der Waals surface area contributed by atoms with Gasteiger partial charge in [-0.2, -0.15) is 0 Å². The molecule has 1 saturated heterocycles. The van der Waals surface area contributed by atoms with E-state index in [2.05, 4.69) is 22.4 Å². The molecule has 3 nitrogen and oxygen atoms in total. The fraction of sp³-hybridized carbons (Fsp3) is 0.357. The number of fused-ring (bicyclic) bond motifs is 1. The number of carboxylic acids is 1. The molecule has 0 saturated carbocycles. The van der Waals surface area contributed by atoms with Gasteiger partial charge in [0.25, 0.3) is 0 Å². The quantitative estimate of drug-likeness (QED) is 0.923. The van der Waals surface area contributed by atoms with E-state index in [9.17, 15) is 9.90 Å². The average molecular weight is 261 g/mol. The minimum Gasteiger partial charge on any atom is -0.480 e. The van der Waals surface area contributed by atoms with Crippen molar-refractivity contribution in [2.75, 3.05) is 6.54 Å². The van der Waals surface area contributed by atoms with Crippen LogP contribution in [0.1, 0.15) is 18.4 Å². The molecule has 0 spiro atoms. The number of aliphatic carboxylic acids is 1. The number of rotatable bonds is 3. The van der Waals surface area contributed by atoms with Crippen LogP contribution < -0.4 is 0 Å². The molecule has 94 valence electrons. The summed E-state index contributed by atoms with van der Waals surface area (Å²) in [5, 5.41) is 12.6. The zero-order valence-electron chi connectivity index (χ0n) is 10.0. The normalized spacial score (nSPS) is 20.6. The molecule has 0 unspecified atom stereocenters. The fourth-order valence-electron chi connectivity index (χ4n) is 2.67. The molecule has 1 N–H and O–H groups in total. The molecule has 1 aliphatic heterocycles. The molecule has 1 aliphatic rings. The number of carbonyl (C=O) groups is 1. The summed E-state index contributed by atoms with van der Waals surface area (Å²) in [6, 6.07) is 8.01. The van der Waals surface area contributed by atoms with E-state index >= 15 is 0 Å². The number of carboxylic acid groups (broad SMARTS) is 1. The SMILES string of the molecule is O=C(O)[C@@H]1CCCN1Cc1csc2ccccc12. The standard InChI is InChI=1S/C14H15NO2S/c16-14(17)12-5-3-7-15(12)8-10-9-18-13-6-2-1-4-11(10)13/h1-2,4,6,9,12H,3,5,7-8H2,(H,16,17)/t12-/m0/s1. The van der Waals surface area contributed by atoms with Crippen molar-refractivity contribution in [3.63, 3.8) is 0 Å². The van der Waals surface area contributed by atoms with E-state index in [0.717, 1.165) is 25.9 Å². The van der Waals surface area contributed by atoms with E-state index in [1.165, 1.54) is 15.6 Å². The minimum absolute atomic E-state index is 0.302. The molecule has 18 heavy (non-hydrogen) atoms. The summed E-state index contributed by atoms with van der Waals surface area (Å²) in [4.78, 5) is 13.2. The van der Waals surface area contributed by atoms with E-state index < -0.39 is 5.97 Å². The first kappa shape index (κ1) is 11.7. The second-order valence-corrected chi connectivity index (χ2v) is 5.64. The van der Waals surface area contributed by atoms with Crippen molar-refractivity contribution < 1.29 is 9.90 Å². The Balaban J connectivity index is 1.86. The van der Waals surface area contributed by atoms with Gasteiger partial charge in [0.1, 0.15) is 6.04 Å². The van der Waals surface area contributed by atoms with Crippen LogP contribution in [0.3, 0.4) is 0 Å². The van der Waals surface area contributed by atoms with Crippen molar-refractivity contribution in [3.05, 3.63) is 35.2 Å². The van der Waals surface area contributed by atoms with Crippen molar-refractivity contribution in [2.45, 2.75) is 25.4 Å². The zero-order valence-corrected chi connectivity index (χ0v) is 10.8. The van der Waals surface area contributed by atoms with Crippen LogP contribution in [0.15, 0.2) is 29.6 Å². The Kier molecular flexibility index (Phi) is 3.06. The maximum atomic E-state index is 11.2. The van der Waals surface area contributed by atoms with Gasteiger partial charge in [-0.1, -0.05) is 18.2 Å². The molecule has 1 aromatic carbocycles. The molecule has 2 aromatic rings. The largest absolute Gasteiger partial charge is 0.480 e. The van der Waals surface area contributed by atoms with Crippen LogP contribution in [0.25, 0.3) is 10.1 Å². The van der Waals surface area contributed by atoms with Gasteiger partial charge in [0, 0.05) is 11.2 Å². The van der Waals surface area contributed by atoms with Crippen molar-refractivity contribution in [1.82, 2.24) is 4.90 Å². The van der Waals surface area contributed by atoms with Crippen LogP contribution in [-0.2, 0) is 11.3 Å². The highest BCUT2D eigenvalue weighted by Crippen LogP contribution is 2.29. The van der Waals surface area contributed by atoms with Gasteiger partial charge in [-0.05, 0) is 41.8 Å². The van der Waals surface area contributed by atoms with Gasteiger partial charge in [0.05, 0.1) is 0 Å². The lowest BCUT2D eigenvalue weighted by Gasteiger charge is -2.20. The van der Waals surface area contributed by atoms with E-state index in [1.807, 2.05) is 12.1 Å². The van der Waals surface area contributed by atoms with Gasteiger partial charge in [-0.3, -0.25) is 9.69 Å². The van der Waals surface area contributed by atoms with Crippen LogP contribution in [0.4, 0.5) is 0 Å². The van der Waals surface area contributed by atoms with Crippen LogP contribution in [0, 0.1) is 0 Å². The molecule has 1 atom stereocenters. The summed E-state index contributed by atoms with van der Waals surface area (Å²) in [6.07, 6.45) is 1.76. The summed E-state index contributed by atoms with van der Waals surface area (Å²) in [7, 11) is 0. The first-order valence-corrected chi connectivity index (χ1v) is 7.05. The monoisotopic (exact) mass is 261 g/mol. The lowest BCUT2D eigenvalue weighted by Crippen LogP contribution is -2.35. The number of likely N-dealkylation sites (tertiary alicyclic amines) is 1. The van der Waals surface area contributed by atoms with E-state index in [0.29, 0.717) is 0 Å². The van der Waals surface area contributed by atoms with Crippen molar-refractivity contribution in [1.29, 1.82) is 0 Å². The summed E-state index contributed by atoms with van der Waals surface area (Å²) in [5.41, 5.74) is 1.25. The molecule has 1 aromatic heterocycles. The molecule has 4 heteroatoms. The Hall–Kier alpha value is -1.39. The summed E-state index contributed by atoms with van der Waals surface area (Å²) >= 11 is 1.73. The highest BCUT2D eigenvalue weighted by molar-refractivity contribution is 7.17. The Morgan fingerprint density at radius 3 is 3.11 bits per heavy atom. The Morgan fingerprint density at radius 2 is 2.28 bits per heavy atom. The van der Waals surface area contributed by atoms with Gasteiger partial charge < -0.3 is 5.11 Å². The average Bonchev–Trinajstić information content (AvgIpc) is 2.97. The summed E-state index contributed by atoms with van der Waals surface area (Å²) in [5.74, 6) is -0.688. The lowest BCUT2D eigenvalue weighted by molar-refractivity contribution is -0.142. The molecule has 0 aliphatic carbocycles. The zero-order chi connectivity index (χ0) is 12.5. The van der Waals surface area contributed by atoms with Gasteiger partial charge in [-0.25, -0.2) is 0 Å². The lowest BCUT2D eigenvalue weighted by atomic mass is 10.1. The number of nitrogens with zero attached hydrogens (tertiary/aromatic N) is 1. The van der Waals surface area contributed by atoms with E-state index in [4.69, 9.17) is 0 Å². The second kappa shape index (κ2) is 4.71. The Morgan fingerprint density at radius 1 is 1.44 bits per heavy atom. The number of hydrogen-bond acceptors (Lipinski definition) is 3. The Bertz CT molecular complexity index is 578. The number of hydrogen-bond donors (Lipinski definition) is 1. The van der Waals surface area contributed by atoms with Gasteiger partial charge in [-0.15, -0.1) is 11.3 Å². The van der Waals surface area contributed by atoms with Crippen molar-refractivity contribution in [2.24, 2.45) is 0 Å². The van der Waals surface area contributed by atoms with Crippen molar-refractivity contribution in [3.8, 4) is 0 Å². The van der Waals surface area contributed by atoms with E-state index in [-0.39, 0.29) is 6.04 Å². The molecule has 0 radical (unpaired) electrons. The fourth-order valence-corrected chi connectivity index (χ4v) is 3.62. The van der Waals surface area contributed by atoms with Gasteiger partial charge in [0.15, 0.2) is 0 Å².